The van der Waals surface area contributed by atoms with Crippen LogP contribution in [-0.2, 0) is 26.2 Å². The Morgan fingerprint density at radius 2 is 1.68 bits per heavy atom. The Balaban J connectivity index is 2.40. The topological polar surface area (TPSA) is 86.8 Å². The van der Waals surface area contributed by atoms with Gasteiger partial charge in [0.15, 0.2) is 0 Å². The number of halogens is 2. The number of nitrogens with one attached hydrogen (secondary N) is 1. The Morgan fingerprint density at radius 1 is 1.03 bits per heavy atom. The van der Waals surface area contributed by atoms with Crippen LogP contribution in [0.2, 0.25) is 10.0 Å². The molecule has 34 heavy (non-hydrogen) atoms. The number of hydrogen-bond donors (Lipinski definition) is 1. The first kappa shape index (κ1) is 28.0. The third-order valence-electron chi connectivity index (χ3n) is 5.32. The Hall–Kier alpha value is -2.29. The summed E-state index contributed by atoms with van der Waals surface area (Å²) >= 11 is 12.1. The van der Waals surface area contributed by atoms with Crippen LogP contribution in [0.3, 0.4) is 0 Å². The zero-order chi connectivity index (χ0) is 25.6. The summed E-state index contributed by atoms with van der Waals surface area (Å²) in [5.74, 6) is -0.588. The van der Waals surface area contributed by atoms with Crippen molar-refractivity contribution < 1.29 is 18.0 Å². The number of amides is 2. The van der Waals surface area contributed by atoms with Gasteiger partial charge in [-0.2, -0.15) is 0 Å². The molecule has 186 valence electrons. The van der Waals surface area contributed by atoms with Gasteiger partial charge in [0.2, 0.25) is 21.8 Å². The highest BCUT2D eigenvalue weighted by Gasteiger charge is 2.30. The van der Waals surface area contributed by atoms with Crippen LogP contribution in [0.1, 0.15) is 31.9 Å². The van der Waals surface area contributed by atoms with Crippen LogP contribution in [0.5, 0.6) is 0 Å². The smallest absolute Gasteiger partial charge is 0.244 e. The largest absolute Gasteiger partial charge is 0.354 e. The fourth-order valence-corrected chi connectivity index (χ4v) is 4.39. The normalized spacial score (nSPS) is 12.4. The molecule has 0 fully saturated rings. The van der Waals surface area contributed by atoms with E-state index in [1.54, 1.807) is 6.92 Å². The maximum atomic E-state index is 13.5. The average molecular weight is 529 g/mol. The molecule has 0 aromatic heterocycles. The third-order valence-corrected chi connectivity index (χ3v) is 7.20. The molecule has 2 rings (SSSR count). The SMILES string of the molecule is Cc1ccccc1CN(C(=O)CN(c1ccc(Cl)c(Cl)c1)S(C)(=O)=O)[C@@H](C)C(=O)NCC(C)C. The summed E-state index contributed by atoms with van der Waals surface area (Å²) in [5, 5.41) is 3.28. The van der Waals surface area contributed by atoms with Gasteiger partial charge in [-0.3, -0.25) is 13.9 Å². The summed E-state index contributed by atoms with van der Waals surface area (Å²) in [4.78, 5) is 27.7. The van der Waals surface area contributed by atoms with Crippen molar-refractivity contribution in [3.63, 3.8) is 0 Å². The lowest BCUT2D eigenvalue weighted by atomic mass is 10.1. The minimum absolute atomic E-state index is 0.154. The van der Waals surface area contributed by atoms with E-state index in [1.807, 2.05) is 45.0 Å². The molecule has 10 heteroatoms. The van der Waals surface area contributed by atoms with Crippen molar-refractivity contribution in [1.29, 1.82) is 0 Å². The van der Waals surface area contributed by atoms with Gasteiger partial charge in [-0.05, 0) is 49.1 Å². The van der Waals surface area contributed by atoms with E-state index in [2.05, 4.69) is 5.32 Å². The van der Waals surface area contributed by atoms with Gasteiger partial charge < -0.3 is 10.2 Å². The van der Waals surface area contributed by atoms with Crippen molar-refractivity contribution in [1.82, 2.24) is 10.2 Å². The van der Waals surface area contributed by atoms with E-state index in [0.717, 1.165) is 21.7 Å². The summed E-state index contributed by atoms with van der Waals surface area (Å²) in [6, 6.07) is 11.1. The molecule has 2 aromatic rings. The predicted molar refractivity (Wildman–Crippen MR) is 138 cm³/mol. The van der Waals surface area contributed by atoms with Crippen LogP contribution >= 0.6 is 23.2 Å². The molecule has 0 unspecified atom stereocenters. The number of nitrogens with zero attached hydrogens (tertiary/aromatic N) is 2. The number of rotatable bonds is 10. The lowest BCUT2D eigenvalue weighted by Gasteiger charge is -2.32. The van der Waals surface area contributed by atoms with Gasteiger partial charge in [-0.1, -0.05) is 61.3 Å². The number of anilines is 1. The van der Waals surface area contributed by atoms with Crippen molar-refractivity contribution in [3.8, 4) is 0 Å². The lowest BCUT2D eigenvalue weighted by molar-refractivity contribution is -0.139. The molecule has 0 radical (unpaired) electrons. The van der Waals surface area contributed by atoms with Gasteiger partial charge in [-0.15, -0.1) is 0 Å². The Kier molecular flexibility index (Phi) is 9.79. The number of carbonyl (C=O) groups excluding carboxylic acids is 2. The lowest BCUT2D eigenvalue weighted by Crippen LogP contribution is -2.51. The van der Waals surface area contributed by atoms with Crippen molar-refractivity contribution in [2.75, 3.05) is 23.7 Å². The molecule has 1 atom stereocenters. The first-order valence-corrected chi connectivity index (χ1v) is 13.5. The van der Waals surface area contributed by atoms with Crippen molar-refractivity contribution in [3.05, 3.63) is 63.6 Å². The highest BCUT2D eigenvalue weighted by atomic mass is 35.5. The zero-order valence-corrected chi connectivity index (χ0v) is 22.3. The summed E-state index contributed by atoms with van der Waals surface area (Å²) in [6.07, 6.45) is 1.01. The van der Waals surface area contributed by atoms with E-state index < -0.39 is 28.5 Å². The fourth-order valence-electron chi connectivity index (χ4n) is 3.26. The molecule has 7 nitrogen and oxygen atoms in total. The van der Waals surface area contributed by atoms with Gasteiger partial charge in [0.1, 0.15) is 12.6 Å². The number of benzene rings is 2. The number of carbonyl (C=O) groups is 2. The monoisotopic (exact) mass is 527 g/mol. The van der Waals surface area contributed by atoms with E-state index in [0.29, 0.717) is 6.54 Å². The van der Waals surface area contributed by atoms with Gasteiger partial charge in [0.25, 0.3) is 0 Å². The summed E-state index contributed by atoms with van der Waals surface area (Å²) in [7, 11) is -3.84. The van der Waals surface area contributed by atoms with Crippen LogP contribution in [0, 0.1) is 12.8 Å². The number of hydrogen-bond acceptors (Lipinski definition) is 4. The van der Waals surface area contributed by atoms with Crippen LogP contribution in [0.25, 0.3) is 0 Å². The Labute approximate surface area is 212 Å². The van der Waals surface area contributed by atoms with Crippen LogP contribution < -0.4 is 9.62 Å². The first-order chi connectivity index (χ1) is 15.8. The molecule has 0 bridgehead atoms. The number of aryl methyl sites for hydroxylation is 1. The third kappa shape index (κ3) is 7.61. The zero-order valence-electron chi connectivity index (χ0n) is 20.0. The molecular formula is C24H31Cl2N3O4S. The van der Waals surface area contributed by atoms with Crippen LogP contribution in [-0.4, -0.2) is 50.5 Å². The fraction of sp³-hybridized carbons (Fsp3) is 0.417. The second kappa shape index (κ2) is 11.9. The van der Waals surface area contributed by atoms with Gasteiger partial charge in [-0.25, -0.2) is 8.42 Å². The average Bonchev–Trinajstić information content (AvgIpc) is 2.75. The van der Waals surface area contributed by atoms with Gasteiger partial charge in [0, 0.05) is 13.1 Å². The molecule has 0 saturated carbocycles. The maximum Gasteiger partial charge on any atom is 0.244 e. The Bertz CT molecular complexity index is 1140. The molecule has 2 amide bonds. The second-order valence-electron chi connectivity index (χ2n) is 8.63. The van der Waals surface area contributed by atoms with E-state index in [9.17, 15) is 18.0 Å². The molecule has 1 N–H and O–H groups in total. The molecule has 0 aliphatic carbocycles. The molecule has 0 spiro atoms. The standard InChI is InChI=1S/C24H31Cl2N3O4S/c1-16(2)13-27-24(31)18(4)28(14-19-9-7-6-8-17(19)3)23(30)15-29(34(5,32)33)20-10-11-21(25)22(26)12-20/h6-12,16,18H,13-15H2,1-5H3,(H,27,31)/t18-/m0/s1. The first-order valence-electron chi connectivity index (χ1n) is 10.9. The number of sulfonamides is 1. The van der Waals surface area contributed by atoms with Gasteiger partial charge >= 0.3 is 0 Å². The van der Waals surface area contributed by atoms with Crippen LogP contribution in [0.4, 0.5) is 5.69 Å². The summed E-state index contributed by atoms with van der Waals surface area (Å²) in [5.41, 5.74) is 2.03. The van der Waals surface area contributed by atoms with E-state index in [-0.39, 0.29) is 34.1 Å². The Morgan fingerprint density at radius 3 is 2.24 bits per heavy atom. The minimum atomic E-state index is -3.84. The predicted octanol–water partition coefficient (Wildman–Crippen LogP) is 4.26. The molecular weight excluding hydrogens is 497 g/mol. The molecule has 0 aliphatic heterocycles. The summed E-state index contributed by atoms with van der Waals surface area (Å²) < 4.78 is 26.1. The van der Waals surface area contributed by atoms with E-state index in [1.165, 1.54) is 23.1 Å². The van der Waals surface area contributed by atoms with Crippen molar-refractivity contribution >= 4 is 50.7 Å². The van der Waals surface area contributed by atoms with E-state index >= 15 is 0 Å². The highest BCUT2D eigenvalue weighted by Crippen LogP contribution is 2.28. The molecule has 0 aliphatic rings. The van der Waals surface area contributed by atoms with Crippen LogP contribution in [0.15, 0.2) is 42.5 Å². The van der Waals surface area contributed by atoms with Gasteiger partial charge in [0.05, 0.1) is 22.0 Å². The highest BCUT2D eigenvalue weighted by molar-refractivity contribution is 7.92. The summed E-state index contributed by atoms with van der Waals surface area (Å²) in [6.45, 7) is 7.63. The van der Waals surface area contributed by atoms with E-state index in [4.69, 9.17) is 23.2 Å². The maximum absolute atomic E-state index is 13.5. The molecule has 0 saturated heterocycles. The van der Waals surface area contributed by atoms with Crippen molar-refractivity contribution in [2.45, 2.75) is 40.3 Å². The quantitative estimate of drug-likeness (QED) is 0.500. The van der Waals surface area contributed by atoms with Crippen molar-refractivity contribution in [2.24, 2.45) is 5.92 Å². The second-order valence-corrected chi connectivity index (χ2v) is 11.4. The minimum Gasteiger partial charge on any atom is -0.354 e. The molecule has 2 aromatic carbocycles. The molecule has 0 heterocycles.